The number of anilines is 1. The molecule has 10 heteroatoms. The lowest BCUT2D eigenvalue weighted by molar-refractivity contribution is -0.138. The number of rotatable bonds is 7. The van der Waals surface area contributed by atoms with Crippen LogP contribution in [0.2, 0.25) is 0 Å². The molecule has 1 heterocycles. The fourth-order valence-corrected chi connectivity index (χ4v) is 3.44. The number of nitrogens with one attached hydrogen (secondary N) is 2. The Labute approximate surface area is 179 Å². The van der Waals surface area contributed by atoms with Crippen LogP contribution in [0.5, 0.6) is 0 Å². The van der Waals surface area contributed by atoms with Gasteiger partial charge in [-0.05, 0) is 38.0 Å². The summed E-state index contributed by atoms with van der Waals surface area (Å²) in [7, 11) is -3.43. The normalized spacial score (nSPS) is 14.3. The first-order valence-electron chi connectivity index (χ1n) is 9.36. The van der Waals surface area contributed by atoms with Gasteiger partial charge in [0.1, 0.15) is 5.82 Å². The monoisotopic (exact) mass is 455 g/mol. The number of aromatic nitrogens is 1. The average Bonchev–Trinajstić information content (AvgIpc) is 2.65. The molecule has 0 radical (unpaired) electrons. The van der Waals surface area contributed by atoms with Gasteiger partial charge in [0.2, 0.25) is 0 Å². The minimum absolute atomic E-state index is 0.0235. The number of nitrogens with zero attached hydrogens (tertiary/aromatic N) is 1. The zero-order valence-electron chi connectivity index (χ0n) is 17.5. The number of hydrogen-bond donors (Lipinski definition) is 2. The highest BCUT2D eigenvalue weighted by atomic mass is 32.2. The van der Waals surface area contributed by atoms with Crippen LogP contribution in [0.4, 0.5) is 19.0 Å². The summed E-state index contributed by atoms with van der Waals surface area (Å²) >= 11 is 0. The van der Waals surface area contributed by atoms with Crippen molar-refractivity contribution in [3.63, 3.8) is 0 Å². The fraction of sp³-hybridized carbons (Fsp3) is 0.333. The van der Waals surface area contributed by atoms with Crippen molar-refractivity contribution in [3.8, 4) is 0 Å². The summed E-state index contributed by atoms with van der Waals surface area (Å²) in [6.07, 6.45) is -1.79. The standard InChI is InChI=1S/C21H24F3N3O3S/c1-13-7-5-6-8-16(13)15(3)27-19-11-18(21(22,23)24)17(12-25-19)20(28)26-14(2)9-10-31(4,29)30/h5-12,14-15H,1-4H3,(H,25,27)(H,26,28)/b10-9+/t14-,15+/m1/s1. The zero-order valence-corrected chi connectivity index (χ0v) is 18.3. The highest BCUT2D eigenvalue weighted by Crippen LogP contribution is 2.34. The molecule has 0 unspecified atom stereocenters. The molecule has 0 spiro atoms. The molecule has 2 atom stereocenters. The summed E-state index contributed by atoms with van der Waals surface area (Å²) in [5.41, 5.74) is 0.0943. The first kappa shape index (κ1) is 24.4. The number of amides is 1. The SMILES string of the molecule is Cc1ccccc1[C@H](C)Nc1cc(C(F)(F)F)c(C(=O)N[C@H](C)/C=C/S(C)(=O)=O)cn1. The van der Waals surface area contributed by atoms with E-state index in [4.69, 9.17) is 0 Å². The predicted octanol–water partition coefficient (Wildman–Crippen LogP) is 4.26. The number of halogens is 3. The lowest BCUT2D eigenvalue weighted by Gasteiger charge is -2.19. The summed E-state index contributed by atoms with van der Waals surface area (Å²) in [4.78, 5) is 16.4. The Morgan fingerprint density at radius 1 is 1.19 bits per heavy atom. The molecule has 2 rings (SSSR count). The van der Waals surface area contributed by atoms with E-state index >= 15 is 0 Å². The van der Waals surface area contributed by atoms with E-state index in [0.29, 0.717) is 0 Å². The Balaban J connectivity index is 2.28. The molecule has 31 heavy (non-hydrogen) atoms. The quantitative estimate of drug-likeness (QED) is 0.651. The van der Waals surface area contributed by atoms with Crippen molar-refractivity contribution in [2.45, 2.75) is 39.0 Å². The third-order valence-corrected chi connectivity index (χ3v) is 5.10. The van der Waals surface area contributed by atoms with Crippen LogP contribution in [0.3, 0.4) is 0 Å². The molecule has 2 N–H and O–H groups in total. The Kier molecular flexibility index (Phi) is 7.48. The second-order valence-electron chi connectivity index (χ2n) is 7.26. The molecule has 0 saturated heterocycles. The molecule has 0 saturated carbocycles. The maximum atomic E-state index is 13.6. The largest absolute Gasteiger partial charge is 0.417 e. The van der Waals surface area contributed by atoms with Gasteiger partial charge in [0.25, 0.3) is 5.91 Å². The van der Waals surface area contributed by atoms with Crippen LogP contribution in [0.25, 0.3) is 0 Å². The summed E-state index contributed by atoms with van der Waals surface area (Å²) in [5.74, 6) is -1.03. The molecule has 1 aromatic heterocycles. The lowest BCUT2D eigenvalue weighted by atomic mass is 10.0. The van der Waals surface area contributed by atoms with Crippen LogP contribution in [0.1, 0.15) is 46.9 Å². The van der Waals surface area contributed by atoms with Crippen LogP contribution >= 0.6 is 0 Å². The van der Waals surface area contributed by atoms with Gasteiger partial charge in [0, 0.05) is 23.9 Å². The molecule has 0 aliphatic carbocycles. The molecule has 0 fully saturated rings. The topological polar surface area (TPSA) is 88.2 Å². The highest BCUT2D eigenvalue weighted by Gasteiger charge is 2.36. The van der Waals surface area contributed by atoms with Crippen molar-refractivity contribution in [2.75, 3.05) is 11.6 Å². The van der Waals surface area contributed by atoms with Gasteiger partial charge >= 0.3 is 6.18 Å². The van der Waals surface area contributed by atoms with E-state index in [1.807, 2.05) is 31.2 Å². The molecular weight excluding hydrogens is 431 g/mol. The number of hydrogen-bond acceptors (Lipinski definition) is 5. The van der Waals surface area contributed by atoms with Gasteiger partial charge in [-0.3, -0.25) is 4.79 Å². The second-order valence-corrected chi connectivity index (χ2v) is 9.19. The minimum atomic E-state index is -4.79. The average molecular weight is 456 g/mol. The van der Waals surface area contributed by atoms with Gasteiger partial charge in [-0.15, -0.1) is 0 Å². The Hall–Kier alpha value is -2.88. The molecule has 0 aliphatic rings. The summed E-state index contributed by atoms with van der Waals surface area (Å²) < 4.78 is 63.2. The third-order valence-electron chi connectivity index (χ3n) is 4.45. The first-order chi connectivity index (χ1) is 14.3. The van der Waals surface area contributed by atoms with Crippen molar-refractivity contribution < 1.29 is 26.4 Å². The molecule has 168 valence electrons. The number of carbonyl (C=O) groups is 1. The lowest BCUT2D eigenvalue weighted by Crippen LogP contribution is -2.33. The van der Waals surface area contributed by atoms with Crippen LogP contribution in [0, 0.1) is 6.92 Å². The summed E-state index contributed by atoms with van der Waals surface area (Å²) in [6, 6.07) is 7.14. The Bertz CT molecular complexity index is 1080. The maximum absolute atomic E-state index is 13.6. The van der Waals surface area contributed by atoms with E-state index < -0.39 is 39.1 Å². The molecule has 0 bridgehead atoms. The van der Waals surface area contributed by atoms with E-state index in [0.717, 1.165) is 35.1 Å². The van der Waals surface area contributed by atoms with Gasteiger partial charge in [-0.2, -0.15) is 13.2 Å². The first-order valence-corrected chi connectivity index (χ1v) is 11.3. The van der Waals surface area contributed by atoms with Gasteiger partial charge in [0.05, 0.1) is 17.2 Å². The van der Waals surface area contributed by atoms with Crippen molar-refractivity contribution in [2.24, 2.45) is 0 Å². The van der Waals surface area contributed by atoms with Crippen molar-refractivity contribution in [1.82, 2.24) is 10.3 Å². The number of pyridine rings is 1. The highest BCUT2D eigenvalue weighted by molar-refractivity contribution is 7.93. The van der Waals surface area contributed by atoms with E-state index in [2.05, 4.69) is 15.6 Å². The van der Waals surface area contributed by atoms with Gasteiger partial charge in [-0.25, -0.2) is 13.4 Å². The molecule has 1 amide bonds. The van der Waals surface area contributed by atoms with Crippen molar-refractivity contribution >= 4 is 21.6 Å². The molecule has 2 aromatic rings. The van der Waals surface area contributed by atoms with Gasteiger partial charge in [-0.1, -0.05) is 30.3 Å². The van der Waals surface area contributed by atoms with Crippen molar-refractivity contribution in [3.05, 3.63) is 70.3 Å². The van der Waals surface area contributed by atoms with Crippen LogP contribution in [-0.2, 0) is 16.0 Å². The number of alkyl halides is 3. The third kappa shape index (κ3) is 7.09. The number of aryl methyl sites for hydroxylation is 1. The molecule has 0 aliphatic heterocycles. The number of sulfone groups is 1. The fourth-order valence-electron chi connectivity index (χ4n) is 2.92. The Morgan fingerprint density at radius 2 is 1.84 bits per heavy atom. The number of carbonyl (C=O) groups excluding carboxylic acids is 1. The smallest absolute Gasteiger partial charge is 0.364 e. The molecule has 6 nitrogen and oxygen atoms in total. The molecular formula is C21H24F3N3O3S. The Morgan fingerprint density at radius 3 is 2.42 bits per heavy atom. The van der Waals surface area contributed by atoms with Crippen LogP contribution in [0.15, 0.2) is 48.0 Å². The van der Waals surface area contributed by atoms with Crippen molar-refractivity contribution in [1.29, 1.82) is 0 Å². The second kappa shape index (κ2) is 9.51. The van der Waals surface area contributed by atoms with E-state index in [-0.39, 0.29) is 11.9 Å². The zero-order chi connectivity index (χ0) is 23.4. The van der Waals surface area contributed by atoms with Gasteiger partial charge in [0.15, 0.2) is 9.84 Å². The van der Waals surface area contributed by atoms with E-state index in [9.17, 15) is 26.4 Å². The van der Waals surface area contributed by atoms with Gasteiger partial charge < -0.3 is 10.6 Å². The summed E-state index contributed by atoms with van der Waals surface area (Å²) in [6.45, 7) is 5.14. The predicted molar refractivity (Wildman–Crippen MR) is 113 cm³/mol. The van der Waals surface area contributed by atoms with Crippen LogP contribution < -0.4 is 10.6 Å². The van der Waals surface area contributed by atoms with E-state index in [1.165, 1.54) is 13.0 Å². The minimum Gasteiger partial charge on any atom is -0.364 e. The number of benzene rings is 1. The molecule has 1 aromatic carbocycles. The van der Waals surface area contributed by atoms with E-state index in [1.54, 1.807) is 6.92 Å². The van der Waals surface area contributed by atoms with Crippen LogP contribution in [-0.4, -0.2) is 31.6 Å². The summed E-state index contributed by atoms with van der Waals surface area (Å²) in [5, 5.41) is 6.13. The maximum Gasteiger partial charge on any atom is 0.417 e.